The molecule has 0 aliphatic carbocycles. The van der Waals surface area contributed by atoms with Gasteiger partial charge in [-0.25, -0.2) is 24.9 Å². The Balaban J connectivity index is 0.000000171. The van der Waals surface area contributed by atoms with E-state index in [1.807, 2.05) is 78.5 Å². The van der Waals surface area contributed by atoms with Gasteiger partial charge >= 0.3 is 0 Å². The molecule has 3 heterocycles. The zero-order valence-corrected chi connectivity index (χ0v) is 29.2. The standard InChI is InChI=1S/C20H18N4O.C16H12N2O.B8/c1-20(25,19-11-24(2)13-23-19)18-5-3-4-14-6-7-15(8-17(14)18)16-9-21-12-22-10-16;1-11(19)15-4-2-3-12-5-6-13(7-16(12)15)14-8-17-10-18-9-14;1-6(2)8(5)7(3)4/h3-13,25H,1-2H3;2-10H,1H3;. The largest absolute Gasteiger partial charge is 0.379 e. The number of aromatic nitrogens is 6. The average molecular weight is 665 g/mol. The van der Waals surface area contributed by atoms with Crippen LogP contribution in [0.2, 0.25) is 0 Å². The van der Waals surface area contributed by atoms with Crippen LogP contribution in [0.3, 0.4) is 0 Å². The molecule has 0 saturated carbocycles. The van der Waals surface area contributed by atoms with E-state index in [1.54, 1.807) is 45.0 Å². The molecular weight excluding hydrogens is 635 g/mol. The summed E-state index contributed by atoms with van der Waals surface area (Å²) in [5.41, 5.74) is 4.92. The Bertz CT molecular complexity index is 2270. The van der Waals surface area contributed by atoms with Crippen molar-refractivity contribution in [2.45, 2.75) is 19.4 Å². The predicted molar refractivity (Wildman–Crippen MR) is 218 cm³/mol. The average Bonchev–Trinajstić information content (AvgIpc) is 3.61. The summed E-state index contributed by atoms with van der Waals surface area (Å²) >= 11 is 0. The highest BCUT2D eigenvalue weighted by atomic mass is 16.3. The van der Waals surface area contributed by atoms with Crippen LogP contribution >= 0.6 is 0 Å². The van der Waals surface area contributed by atoms with E-state index in [9.17, 15) is 9.90 Å². The lowest BCUT2D eigenvalue weighted by molar-refractivity contribution is 0.0992. The lowest BCUT2D eigenvalue weighted by atomic mass is 8.68. The molecule has 0 aliphatic rings. The minimum absolute atomic E-state index is 0.0760. The first-order valence-electron chi connectivity index (χ1n) is 16.4. The van der Waals surface area contributed by atoms with E-state index in [-0.39, 0.29) is 5.78 Å². The van der Waals surface area contributed by atoms with E-state index in [2.05, 4.69) is 37.1 Å². The topological polar surface area (TPSA) is 107 Å². The molecule has 10 radical (unpaired) electrons. The molecule has 0 aliphatic heterocycles. The third kappa shape index (κ3) is 9.04. The van der Waals surface area contributed by atoms with Gasteiger partial charge in [0.25, 0.3) is 0 Å². The minimum Gasteiger partial charge on any atom is -0.379 e. The van der Waals surface area contributed by atoms with Crippen LogP contribution in [-0.4, -0.2) is 98.2 Å². The number of hydrogen-bond donors (Lipinski definition) is 1. The highest BCUT2D eigenvalue weighted by Gasteiger charge is 2.30. The van der Waals surface area contributed by atoms with E-state index < -0.39 is 24.8 Å². The van der Waals surface area contributed by atoms with Crippen LogP contribution < -0.4 is 0 Å². The molecule has 3 aromatic heterocycles. The maximum absolute atomic E-state index is 11.7. The van der Waals surface area contributed by atoms with Gasteiger partial charge in [0.2, 0.25) is 0 Å². The third-order valence-corrected chi connectivity index (χ3v) is 8.55. The number of hydrogen-bond acceptors (Lipinski definition) is 7. The Labute approximate surface area is 311 Å². The lowest BCUT2D eigenvalue weighted by Crippen LogP contribution is -2.52. The maximum atomic E-state index is 11.7. The van der Waals surface area contributed by atoms with Crippen LogP contribution in [0.1, 0.15) is 35.5 Å². The number of carbonyl (C=O) groups is 1. The molecule has 8 nitrogen and oxygen atoms in total. The van der Waals surface area contributed by atoms with Crippen LogP contribution in [0.4, 0.5) is 0 Å². The lowest BCUT2D eigenvalue weighted by Gasteiger charge is -2.24. The molecular formula is C36H30B8N6O2. The Kier molecular flexibility index (Phi) is 12.4. The second-order valence-corrected chi connectivity index (χ2v) is 12.5. The van der Waals surface area contributed by atoms with E-state index in [0.29, 0.717) is 5.69 Å². The van der Waals surface area contributed by atoms with Crippen molar-refractivity contribution < 1.29 is 9.90 Å². The maximum Gasteiger partial charge on any atom is 0.160 e. The number of ketones is 1. The van der Waals surface area contributed by atoms with E-state index in [4.69, 9.17) is 38.7 Å². The SMILES string of the molecule is CC(=O)c1cccc2ccc(-c3cncnc3)cc12.Cn1cnc(C(C)(O)c2cccc3ccc(-c4cncnc4)cc23)c1.[B]B([B])B([B])B([B])[B]. The summed E-state index contributed by atoms with van der Waals surface area (Å²) in [6, 6.07) is 23.9. The smallest absolute Gasteiger partial charge is 0.160 e. The van der Waals surface area contributed by atoms with Gasteiger partial charge < -0.3 is 9.67 Å². The number of benzene rings is 4. The first kappa shape index (κ1) is 38.2. The van der Waals surface area contributed by atoms with Crippen molar-refractivity contribution >= 4 is 85.2 Å². The van der Waals surface area contributed by atoms with Gasteiger partial charge in [0, 0.05) is 113 Å². The summed E-state index contributed by atoms with van der Waals surface area (Å²) in [6.45, 7) is 3.37. The molecule has 52 heavy (non-hydrogen) atoms. The van der Waals surface area contributed by atoms with Crippen LogP contribution in [-0.2, 0) is 12.6 Å². The van der Waals surface area contributed by atoms with Crippen molar-refractivity contribution in [2.24, 2.45) is 7.05 Å². The van der Waals surface area contributed by atoms with Crippen molar-refractivity contribution in [3.63, 3.8) is 0 Å². The van der Waals surface area contributed by atoms with Crippen LogP contribution in [0.15, 0.2) is 123 Å². The Hall–Kier alpha value is -5.08. The molecule has 16 heteroatoms. The first-order valence-corrected chi connectivity index (χ1v) is 16.4. The summed E-state index contributed by atoms with van der Waals surface area (Å²) in [5.74, 6) is 0.0760. The quantitative estimate of drug-likeness (QED) is 0.204. The second-order valence-electron chi connectivity index (χ2n) is 12.5. The van der Waals surface area contributed by atoms with Crippen molar-refractivity contribution in [3.05, 3.63) is 140 Å². The van der Waals surface area contributed by atoms with E-state index in [0.717, 1.165) is 54.9 Å². The van der Waals surface area contributed by atoms with Gasteiger partial charge in [0.15, 0.2) is 5.78 Å². The van der Waals surface area contributed by atoms with Crippen molar-refractivity contribution in [1.82, 2.24) is 29.5 Å². The Morgan fingerprint density at radius 1 is 0.712 bits per heavy atom. The molecule has 7 aromatic rings. The van der Waals surface area contributed by atoms with Gasteiger partial charge in [-0.1, -0.05) is 60.7 Å². The van der Waals surface area contributed by atoms with Crippen molar-refractivity contribution in [3.8, 4) is 22.3 Å². The number of nitrogens with zero attached hydrogens (tertiary/aromatic N) is 6. The minimum atomic E-state index is -1.19. The molecule has 240 valence electrons. The molecule has 0 bridgehead atoms. The summed E-state index contributed by atoms with van der Waals surface area (Å²) in [6.07, 6.45) is 11.9. The first-order chi connectivity index (χ1) is 24.9. The fourth-order valence-corrected chi connectivity index (χ4v) is 5.59. The highest BCUT2D eigenvalue weighted by Crippen LogP contribution is 2.35. The Morgan fingerprint density at radius 3 is 1.67 bits per heavy atom. The molecule has 0 saturated heterocycles. The Morgan fingerprint density at radius 2 is 1.21 bits per heavy atom. The van der Waals surface area contributed by atoms with Crippen molar-refractivity contribution in [2.75, 3.05) is 0 Å². The fraction of sp³-hybridized carbons (Fsp3) is 0.111. The molecule has 4 aromatic carbocycles. The number of fused-ring (bicyclic) bond motifs is 2. The van der Waals surface area contributed by atoms with Gasteiger partial charge in [0.05, 0.1) is 12.0 Å². The summed E-state index contributed by atoms with van der Waals surface area (Å²) in [5, 5.41) is 15.3. The number of aryl methyl sites for hydroxylation is 1. The summed E-state index contributed by atoms with van der Waals surface area (Å²) < 4.78 is 1.83. The van der Waals surface area contributed by atoms with Crippen LogP contribution in [0.25, 0.3) is 43.8 Å². The monoisotopic (exact) mass is 666 g/mol. The molecule has 0 spiro atoms. The molecule has 1 N–H and O–H groups in total. The molecule has 0 amide bonds. The van der Waals surface area contributed by atoms with Gasteiger partial charge in [-0.05, 0) is 64.2 Å². The van der Waals surface area contributed by atoms with E-state index >= 15 is 0 Å². The number of imidazole rings is 1. The number of Topliss-reactive ketones (excluding diaryl/α,β-unsaturated/α-hetero) is 1. The molecule has 1 unspecified atom stereocenters. The summed E-state index contributed by atoms with van der Waals surface area (Å²) in [7, 11) is 27.7. The highest BCUT2D eigenvalue weighted by molar-refractivity contribution is 7.89. The third-order valence-electron chi connectivity index (χ3n) is 8.55. The molecule has 0 fully saturated rings. The van der Waals surface area contributed by atoms with E-state index in [1.165, 1.54) is 12.7 Å². The van der Waals surface area contributed by atoms with Gasteiger partial charge in [-0.3, -0.25) is 4.79 Å². The van der Waals surface area contributed by atoms with Crippen molar-refractivity contribution in [1.29, 1.82) is 0 Å². The molecule has 1 atom stereocenters. The zero-order chi connectivity index (χ0) is 37.4. The zero-order valence-electron chi connectivity index (χ0n) is 29.2. The fourth-order valence-electron chi connectivity index (χ4n) is 5.59. The molecule has 7 rings (SSSR count). The second kappa shape index (κ2) is 17.0. The van der Waals surface area contributed by atoms with Crippen LogP contribution in [0, 0.1) is 0 Å². The van der Waals surface area contributed by atoms with Crippen LogP contribution in [0.5, 0.6) is 0 Å². The summed E-state index contributed by atoms with van der Waals surface area (Å²) in [4.78, 5) is 32.2. The van der Waals surface area contributed by atoms with Gasteiger partial charge in [0.1, 0.15) is 18.3 Å². The van der Waals surface area contributed by atoms with Gasteiger partial charge in [-0.15, -0.1) is 0 Å². The number of aliphatic hydroxyl groups is 1. The predicted octanol–water partition coefficient (Wildman–Crippen LogP) is 3.74. The number of carbonyl (C=O) groups excluding carboxylic acids is 1. The van der Waals surface area contributed by atoms with Gasteiger partial charge in [-0.2, -0.15) is 0 Å². The number of rotatable bonds is 7. The normalized spacial score (nSPS) is 11.7.